The predicted octanol–water partition coefficient (Wildman–Crippen LogP) is 0.861. The molecule has 1 heterocycles. The monoisotopic (exact) mass is 301 g/mol. The average Bonchev–Trinajstić information content (AvgIpc) is 2.49. The normalized spacial score (nSPS) is 22.0. The van der Waals surface area contributed by atoms with Crippen LogP contribution in [0.4, 0.5) is 8.78 Å². The molecule has 5 nitrogen and oxygen atoms in total. The van der Waals surface area contributed by atoms with E-state index < -0.39 is 23.6 Å². The van der Waals surface area contributed by atoms with Crippen LogP contribution >= 0.6 is 0 Å². The molecule has 1 aliphatic rings. The second-order valence-corrected chi connectivity index (χ2v) is 4.68. The van der Waals surface area contributed by atoms with Gasteiger partial charge < -0.3 is 19.9 Å². The molecule has 0 spiro atoms. The summed E-state index contributed by atoms with van der Waals surface area (Å²) in [7, 11) is 0. The first-order valence-corrected chi connectivity index (χ1v) is 6.68. The van der Waals surface area contributed by atoms with Crippen LogP contribution in [0.1, 0.15) is 16.8 Å². The van der Waals surface area contributed by atoms with Crippen LogP contribution in [0.15, 0.2) is 18.2 Å². The van der Waals surface area contributed by atoms with Crippen LogP contribution in [-0.4, -0.2) is 49.6 Å². The fourth-order valence-corrected chi connectivity index (χ4v) is 2.18. The number of nitrogens with one attached hydrogen (secondary N) is 1. The molecule has 0 aliphatic carbocycles. The van der Waals surface area contributed by atoms with E-state index in [4.69, 9.17) is 14.6 Å². The molecule has 21 heavy (non-hydrogen) atoms. The van der Waals surface area contributed by atoms with Gasteiger partial charge in [-0.15, -0.1) is 0 Å². The van der Waals surface area contributed by atoms with Gasteiger partial charge in [0.05, 0.1) is 37.5 Å². The summed E-state index contributed by atoms with van der Waals surface area (Å²) in [6.07, 6.45) is 0.225. The molecule has 1 aliphatic heterocycles. The zero-order valence-electron chi connectivity index (χ0n) is 11.4. The van der Waals surface area contributed by atoms with Gasteiger partial charge in [0.1, 0.15) is 0 Å². The lowest BCUT2D eigenvalue weighted by molar-refractivity contribution is -0.0612. The Morgan fingerprint density at radius 1 is 1.48 bits per heavy atom. The van der Waals surface area contributed by atoms with Crippen molar-refractivity contribution in [3.05, 3.63) is 35.4 Å². The van der Waals surface area contributed by atoms with Crippen molar-refractivity contribution in [2.75, 3.05) is 26.4 Å². The quantitative estimate of drug-likeness (QED) is 0.846. The van der Waals surface area contributed by atoms with Gasteiger partial charge in [-0.3, -0.25) is 4.79 Å². The smallest absolute Gasteiger partial charge is 0.254 e. The number of aliphatic hydroxyl groups excluding tert-OH is 1. The van der Waals surface area contributed by atoms with E-state index in [9.17, 15) is 13.6 Å². The minimum Gasteiger partial charge on any atom is -0.394 e. The SMILES string of the molecule is O=C(N[C@H]1COCC[C@H]1OCCO)c1cccc(F)c1F. The number of ether oxygens (including phenoxy) is 2. The molecule has 0 saturated carbocycles. The summed E-state index contributed by atoms with van der Waals surface area (Å²) in [5.74, 6) is -2.98. The second-order valence-electron chi connectivity index (χ2n) is 4.68. The summed E-state index contributed by atoms with van der Waals surface area (Å²) in [6.45, 7) is 0.720. The molecule has 116 valence electrons. The van der Waals surface area contributed by atoms with E-state index >= 15 is 0 Å². The summed E-state index contributed by atoms with van der Waals surface area (Å²) < 4.78 is 37.4. The van der Waals surface area contributed by atoms with E-state index in [1.165, 1.54) is 12.1 Å². The maximum Gasteiger partial charge on any atom is 0.254 e. The molecule has 0 bridgehead atoms. The molecular weight excluding hydrogens is 284 g/mol. The highest BCUT2D eigenvalue weighted by atomic mass is 19.2. The van der Waals surface area contributed by atoms with Crippen molar-refractivity contribution >= 4 is 5.91 Å². The Morgan fingerprint density at radius 2 is 2.29 bits per heavy atom. The number of halogens is 2. The third kappa shape index (κ3) is 3.96. The van der Waals surface area contributed by atoms with E-state index in [-0.39, 0.29) is 31.5 Å². The second kappa shape index (κ2) is 7.44. The molecule has 2 rings (SSSR count). The standard InChI is InChI=1S/C14H17F2NO4/c15-10-3-1-2-9(13(10)16)14(19)17-11-8-20-6-4-12(11)21-7-5-18/h1-3,11-12,18H,4-8H2,(H,17,19)/t11-,12+/m0/s1. The van der Waals surface area contributed by atoms with Crippen molar-refractivity contribution in [3.8, 4) is 0 Å². The number of rotatable bonds is 5. The van der Waals surface area contributed by atoms with Gasteiger partial charge in [0, 0.05) is 6.61 Å². The summed E-state index contributed by atoms with van der Waals surface area (Å²) in [5, 5.41) is 11.4. The molecular formula is C14H17F2NO4. The van der Waals surface area contributed by atoms with Gasteiger partial charge in [0.25, 0.3) is 5.91 Å². The molecule has 1 aromatic rings. The van der Waals surface area contributed by atoms with Gasteiger partial charge in [-0.2, -0.15) is 0 Å². The molecule has 1 amide bonds. The maximum atomic E-state index is 13.6. The Kier molecular flexibility index (Phi) is 5.60. The van der Waals surface area contributed by atoms with Crippen LogP contribution in [-0.2, 0) is 9.47 Å². The molecule has 0 aromatic heterocycles. The molecule has 1 fully saturated rings. The van der Waals surface area contributed by atoms with E-state index in [1.54, 1.807) is 0 Å². The zero-order chi connectivity index (χ0) is 15.2. The molecule has 2 atom stereocenters. The van der Waals surface area contributed by atoms with Crippen molar-refractivity contribution in [1.82, 2.24) is 5.32 Å². The number of hydrogen-bond donors (Lipinski definition) is 2. The average molecular weight is 301 g/mol. The molecule has 0 radical (unpaired) electrons. The Hall–Kier alpha value is -1.57. The highest BCUT2D eigenvalue weighted by Gasteiger charge is 2.29. The van der Waals surface area contributed by atoms with Crippen molar-refractivity contribution in [2.45, 2.75) is 18.6 Å². The Labute approximate surface area is 120 Å². The van der Waals surface area contributed by atoms with Crippen LogP contribution < -0.4 is 5.32 Å². The van der Waals surface area contributed by atoms with Gasteiger partial charge in [-0.25, -0.2) is 8.78 Å². The van der Waals surface area contributed by atoms with E-state index in [0.717, 1.165) is 6.07 Å². The van der Waals surface area contributed by atoms with Crippen LogP contribution in [0.25, 0.3) is 0 Å². The minimum atomic E-state index is -1.18. The van der Waals surface area contributed by atoms with E-state index in [1.807, 2.05) is 0 Å². The number of benzene rings is 1. The van der Waals surface area contributed by atoms with Crippen LogP contribution in [0.5, 0.6) is 0 Å². The predicted molar refractivity (Wildman–Crippen MR) is 69.9 cm³/mol. The minimum absolute atomic E-state index is 0.128. The van der Waals surface area contributed by atoms with Crippen molar-refractivity contribution in [1.29, 1.82) is 0 Å². The number of carbonyl (C=O) groups excluding carboxylic acids is 1. The zero-order valence-corrected chi connectivity index (χ0v) is 11.4. The number of aliphatic hydroxyl groups is 1. The third-order valence-corrected chi connectivity index (χ3v) is 3.23. The van der Waals surface area contributed by atoms with Gasteiger partial charge in [-0.05, 0) is 18.6 Å². The van der Waals surface area contributed by atoms with Crippen LogP contribution in [0.2, 0.25) is 0 Å². The summed E-state index contributed by atoms with van der Waals surface area (Å²) in [6, 6.07) is 2.95. The Morgan fingerprint density at radius 3 is 3.05 bits per heavy atom. The van der Waals surface area contributed by atoms with Crippen molar-refractivity contribution in [2.24, 2.45) is 0 Å². The number of hydrogen-bond acceptors (Lipinski definition) is 4. The first-order valence-electron chi connectivity index (χ1n) is 6.68. The number of amides is 1. The van der Waals surface area contributed by atoms with Gasteiger partial charge in [0.2, 0.25) is 0 Å². The maximum absolute atomic E-state index is 13.6. The third-order valence-electron chi connectivity index (χ3n) is 3.23. The molecule has 1 aromatic carbocycles. The lowest BCUT2D eigenvalue weighted by Crippen LogP contribution is -2.51. The summed E-state index contributed by atoms with van der Waals surface area (Å²) in [4.78, 5) is 12.0. The van der Waals surface area contributed by atoms with Crippen molar-refractivity contribution < 1.29 is 28.2 Å². The van der Waals surface area contributed by atoms with Gasteiger partial charge in [-0.1, -0.05) is 6.07 Å². The topological polar surface area (TPSA) is 67.8 Å². The molecule has 1 saturated heterocycles. The first-order chi connectivity index (χ1) is 10.1. The molecule has 7 heteroatoms. The van der Waals surface area contributed by atoms with Crippen LogP contribution in [0.3, 0.4) is 0 Å². The van der Waals surface area contributed by atoms with Gasteiger partial charge in [0.15, 0.2) is 11.6 Å². The summed E-state index contributed by atoms with van der Waals surface area (Å²) >= 11 is 0. The Balaban J connectivity index is 2.04. The molecule has 2 N–H and O–H groups in total. The van der Waals surface area contributed by atoms with E-state index in [2.05, 4.69) is 5.32 Å². The van der Waals surface area contributed by atoms with Crippen molar-refractivity contribution in [3.63, 3.8) is 0 Å². The van der Waals surface area contributed by atoms with E-state index in [0.29, 0.717) is 13.0 Å². The highest BCUT2D eigenvalue weighted by Crippen LogP contribution is 2.15. The highest BCUT2D eigenvalue weighted by molar-refractivity contribution is 5.94. The van der Waals surface area contributed by atoms with Crippen LogP contribution in [0, 0.1) is 11.6 Å². The number of carbonyl (C=O) groups is 1. The largest absolute Gasteiger partial charge is 0.394 e. The fourth-order valence-electron chi connectivity index (χ4n) is 2.18. The lowest BCUT2D eigenvalue weighted by Gasteiger charge is -2.32. The summed E-state index contributed by atoms with van der Waals surface area (Å²) in [5.41, 5.74) is -0.360. The fraction of sp³-hybridized carbons (Fsp3) is 0.500. The first kappa shape index (κ1) is 15.8. The lowest BCUT2D eigenvalue weighted by atomic mass is 10.1. The van der Waals surface area contributed by atoms with Gasteiger partial charge >= 0.3 is 0 Å². The Bertz CT molecular complexity index is 498. The molecule has 0 unspecified atom stereocenters.